The van der Waals surface area contributed by atoms with Crippen LogP contribution in [0.15, 0.2) is 10.9 Å². The van der Waals surface area contributed by atoms with Gasteiger partial charge in [0.2, 0.25) is 0 Å². The molecule has 0 amide bonds. The molecule has 1 aliphatic heterocycles. The standard InChI is InChI=1S/C17H29N3S/c1-15(16-12-21-14-19-16)18-13-17(8-4-2-5-9-17)20-10-6-3-7-11-20/h12,14-15,18H,2-11,13H2,1H3. The van der Waals surface area contributed by atoms with Gasteiger partial charge in [0.15, 0.2) is 0 Å². The number of hydrogen-bond donors (Lipinski definition) is 1. The Hall–Kier alpha value is -0.450. The minimum absolute atomic E-state index is 0.375. The molecule has 118 valence electrons. The molecule has 1 atom stereocenters. The maximum Gasteiger partial charge on any atom is 0.0795 e. The Morgan fingerprint density at radius 3 is 2.57 bits per heavy atom. The average molecular weight is 308 g/mol. The molecule has 1 N–H and O–H groups in total. The van der Waals surface area contributed by atoms with E-state index in [0.29, 0.717) is 11.6 Å². The molecular weight excluding hydrogens is 278 g/mol. The van der Waals surface area contributed by atoms with Crippen LogP contribution in [0.3, 0.4) is 0 Å². The van der Waals surface area contributed by atoms with Crippen LogP contribution in [-0.2, 0) is 0 Å². The fourth-order valence-electron chi connectivity index (χ4n) is 4.07. The number of aromatic nitrogens is 1. The van der Waals surface area contributed by atoms with Gasteiger partial charge in [0, 0.05) is 23.5 Å². The summed E-state index contributed by atoms with van der Waals surface area (Å²) in [5, 5.41) is 5.97. The highest BCUT2D eigenvalue weighted by Crippen LogP contribution is 2.35. The van der Waals surface area contributed by atoms with Crippen LogP contribution < -0.4 is 5.32 Å². The first-order valence-corrected chi connectivity index (χ1v) is 9.61. The Kier molecular flexibility index (Phi) is 5.30. The maximum absolute atomic E-state index is 4.46. The molecular formula is C17H29N3S. The molecule has 0 bridgehead atoms. The van der Waals surface area contributed by atoms with Crippen molar-refractivity contribution in [3.8, 4) is 0 Å². The second kappa shape index (κ2) is 7.21. The van der Waals surface area contributed by atoms with Crippen molar-refractivity contribution in [2.45, 2.75) is 69.9 Å². The Bertz CT molecular complexity index is 406. The van der Waals surface area contributed by atoms with Gasteiger partial charge in [-0.25, -0.2) is 4.98 Å². The molecule has 1 saturated carbocycles. The van der Waals surface area contributed by atoms with E-state index in [1.54, 1.807) is 11.3 Å². The fraction of sp³-hybridized carbons (Fsp3) is 0.824. The molecule has 1 aliphatic carbocycles. The van der Waals surface area contributed by atoms with Crippen LogP contribution in [0, 0.1) is 0 Å². The molecule has 0 spiro atoms. The van der Waals surface area contributed by atoms with Gasteiger partial charge in [0.1, 0.15) is 0 Å². The number of likely N-dealkylation sites (tertiary alicyclic amines) is 1. The molecule has 1 aromatic heterocycles. The highest BCUT2D eigenvalue weighted by molar-refractivity contribution is 7.07. The van der Waals surface area contributed by atoms with Gasteiger partial charge in [0.05, 0.1) is 11.2 Å². The second-order valence-corrected chi connectivity index (χ2v) is 7.57. The first-order valence-electron chi connectivity index (χ1n) is 8.67. The van der Waals surface area contributed by atoms with E-state index in [0.717, 1.165) is 6.54 Å². The topological polar surface area (TPSA) is 28.2 Å². The van der Waals surface area contributed by atoms with E-state index in [4.69, 9.17) is 0 Å². The second-order valence-electron chi connectivity index (χ2n) is 6.85. The molecule has 2 heterocycles. The van der Waals surface area contributed by atoms with E-state index in [-0.39, 0.29) is 0 Å². The number of hydrogen-bond acceptors (Lipinski definition) is 4. The highest BCUT2D eigenvalue weighted by atomic mass is 32.1. The van der Waals surface area contributed by atoms with Crippen molar-refractivity contribution in [3.63, 3.8) is 0 Å². The molecule has 1 saturated heterocycles. The molecule has 3 rings (SSSR count). The van der Waals surface area contributed by atoms with Gasteiger partial charge in [-0.15, -0.1) is 11.3 Å². The zero-order valence-electron chi connectivity index (χ0n) is 13.3. The molecule has 2 fully saturated rings. The number of piperidine rings is 1. The lowest BCUT2D eigenvalue weighted by Gasteiger charge is -2.49. The van der Waals surface area contributed by atoms with E-state index in [1.807, 2.05) is 5.51 Å². The SMILES string of the molecule is CC(NCC1(N2CCCCC2)CCCCC1)c1cscn1. The van der Waals surface area contributed by atoms with Crippen LogP contribution in [0.4, 0.5) is 0 Å². The third-order valence-electron chi connectivity index (χ3n) is 5.44. The van der Waals surface area contributed by atoms with Gasteiger partial charge in [-0.3, -0.25) is 4.90 Å². The van der Waals surface area contributed by atoms with Gasteiger partial charge in [-0.05, 0) is 45.7 Å². The van der Waals surface area contributed by atoms with Crippen LogP contribution in [0.25, 0.3) is 0 Å². The summed E-state index contributed by atoms with van der Waals surface area (Å²) in [5.41, 5.74) is 3.56. The lowest BCUT2D eigenvalue weighted by Crippen LogP contribution is -2.57. The van der Waals surface area contributed by atoms with Crippen molar-refractivity contribution < 1.29 is 0 Å². The molecule has 2 aliphatic rings. The summed E-state index contributed by atoms with van der Waals surface area (Å²) >= 11 is 1.69. The van der Waals surface area contributed by atoms with E-state index >= 15 is 0 Å². The first kappa shape index (κ1) is 15.4. The van der Waals surface area contributed by atoms with Crippen LogP contribution in [0.2, 0.25) is 0 Å². The molecule has 1 aromatic rings. The van der Waals surface area contributed by atoms with Crippen LogP contribution in [0.1, 0.15) is 70.0 Å². The minimum atomic E-state index is 0.375. The van der Waals surface area contributed by atoms with Crippen LogP contribution in [-0.4, -0.2) is 35.1 Å². The van der Waals surface area contributed by atoms with Gasteiger partial charge in [0.25, 0.3) is 0 Å². The van der Waals surface area contributed by atoms with E-state index in [1.165, 1.54) is 70.2 Å². The smallest absolute Gasteiger partial charge is 0.0795 e. The summed E-state index contributed by atoms with van der Waals surface area (Å²) in [4.78, 5) is 7.27. The van der Waals surface area contributed by atoms with E-state index in [2.05, 4.69) is 27.5 Å². The van der Waals surface area contributed by atoms with Gasteiger partial charge >= 0.3 is 0 Å². The summed E-state index contributed by atoms with van der Waals surface area (Å²) < 4.78 is 0. The Balaban J connectivity index is 1.64. The number of thiazole rings is 1. The van der Waals surface area contributed by atoms with Crippen molar-refractivity contribution >= 4 is 11.3 Å². The molecule has 21 heavy (non-hydrogen) atoms. The van der Waals surface area contributed by atoms with Crippen molar-refractivity contribution in [1.29, 1.82) is 0 Å². The van der Waals surface area contributed by atoms with Crippen LogP contribution in [0.5, 0.6) is 0 Å². The largest absolute Gasteiger partial charge is 0.307 e. The lowest BCUT2D eigenvalue weighted by molar-refractivity contribution is 0.0317. The van der Waals surface area contributed by atoms with E-state index in [9.17, 15) is 0 Å². The fourth-order valence-corrected chi connectivity index (χ4v) is 4.71. The van der Waals surface area contributed by atoms with Crippen molar-refractivity contribution in [1.82, 2.24) is 15.2 Å². The highest BCUT2D eigenvalue weighted by Gasteiger charge is 2.38. The molecule has 3 nitrogen and oxygen atoms in total. The average Bonchev–Trinajstić information content (AvgIpc) is 3.09. The number of nitrogens with one attached hydrogen (secondary N) is 1. The lowest BCUT2D eigenvalue weighted by atomic mass is 9.79. The van der Waals surface area contributed by atoms with E-state index < -0.39 is 0 Å². The normalized spacial score (nSPS) is 24.8. The van der Waals surface area contributed by atoms with Crippen molar-refractivity contribution in [2.24, 2.45) is 0 Å². The third-order valence-corrected chi connectivity index (χ3v) is 6.05. The predicted octanol–water partition coefficient (Wildman–Crippen LogP) is 3.98. The quantitative estimate of drug-likeness (QED) is 0.892. The number of rotatable bonds is 5. The first-order chi connectivity index (χ1) is 10.3. The Morgan fingerprint density at radius 2 is 1.90 bits per heavy atom. The zero-order chi connectivity index (χ0) is 14.5. The Morgan fingerprint density at radius 1 is 1.19 bits per heavy atom. The molecule has 4 heteroatoms. The van der Waals surface area contributed by atoms with Crippen molar-refractivity contribution in [3.05, 3.63) is 16.6 Å². The summed E-state index contributed by atoms with van der Waals surface area (Å²) in [7, 11) is 0. The maximum atomic E-state index is 4.46. The monoisotopic (exact) mass is 307 g/mol. The molecule has 0 radical (unpaired) electrons. The summed E-state index contributed by atoms with van der Waals surface area (Å²) in [6.45, 7) is 6.01. The summed E-state index contributed by atoms with van der Waals surface area (Å²) in [6.07, 6.45) is 11.2. The van der Waals surface area contributed by atoms with Crippen molar-refractivity contribution in [2.75, 3.05) is 19.6 Å². The van der Waals surface area contributed by atoms with Gasteiger partial charge in [-0.2, -0.15) is 0 Å². The predicted molar refractivity (Wildman–Crippen MR) is 89.8 cm³/mol. The summed E-state index contributed by atoms with van der Waals surface area (Å²) in [6, 6.07) is 0.375. The van der Waals surface area contributed by atoms with Gasteiger partial charge < -0.3 is 5.32 Å². The minimum Gasteiger partial charge on any atom is -0.307 e. The zero-order valence-corrected chi connectivity index (χ0v) is 14.1. The number of nitrogens with zero attached hydrogens (tertiary/aromatic N) is 2. The molecule has 0 aromatic carbocycles. The summed E-state index contributed by atoms with van der Waals surface area (Å²) in [5.74, 6) is 0. The van der Waals surface area contributed by atoms with Crippen LogP contribution >= 0.6 is 11.3 Å². The Labute approximate surface area is 133 Å². The third kappa shape index (κ3) is 3.66. The van der Waals surface area contributed by atoms with Gasteiger partial charge in [-0.1, -0.05) is 25.7 Å². The molecule has 1 unspecified atom stereocenters.